The second-order valence-corrected chi connectivity index (χ2v) is 6.64. The van der Waals surface area contributed by atoms with Gasteiger partial charge in [-0.2, -0.15) is 13.2 Å². The van der Waals surface area contributed by atoms with Gasteiger partial charge in [0.15, 0.2) is 11.5 Å². The van der Waals surface area contributed by atoms with Crippen LogP contribution in [0.15, 0.2) is 36.5 Å². The van der Waals surface area contributed by atoms with E-state index in [9.17, 15) is 22.0 Å². The van der Waals surface area contributed by atoms with Gasteiger partial charge in [0.1, 0.15) is 17.2 Å². The molecule has 1 atom stereocenters. The van der Waals surface area contributed by atoms with Crippen LogP contribution in [0.25, 0.3) is 5.65 Å². The molecular weight excluding hydrogens is 381 g/mol. The summed E-state index contributed by atoms with van der Waals surface area (Å²) in [5.74, 6) is -0.923. The fourth-order valence-electron chi connectivity index (χ4n) is 3.44. The minimum atomic E-state index is -4.52. The third-order valence-corrected chi connectivity index (χ3v) is 4.77. The largest absolute Gasteiger partial charge is 0.420 e. The molecule has 0 spiro atoms. The van der Waals surface area contributed by atoms with Crippen molar-refractivity contribution >= 4 is 5.65 Å². The summed E-state index contributed by atoms with van der Waals surface area (Å²) >= 11 is 0. The summed E-state index contributed by atoms with van der Waals surface area (Å²) in [7, 11) is 0. The molecule has 3 aromatic rings. The van der Waals surface area contributed by atoms with Crippen molar-refractivity contribution in [3.8, 4) is 0 Å². The van der Waals surface area contributed by atoms with Gasteiger partial charge in [-0.15, -0.1) is 10.2 Å². The molecule has 1 N–H and O–H groups in total. The summed E-state index contributed by atoms with van der Waals surface area (Å²) in [6, 6.07) is 5.33. The summed E-state index contributed by atoms with van der Waals surface area (Å²) in [5, 5.41) is 10.8. The van der Waals surface area contributed by atoms with Gasteiger partial charge < -0.3 is 5.32 Å². The van der Waals surface area contributed by atoms with Crippen molar-refractivity contribution in [3.63, 3.8) is 0 Å². The lowest BCUT2D eigenvalue weighted by molar-refractivity contribution is -0.136. The third-order valence-electron chi connectivity index (χ3n) is 4.77. The molecule has 28 heavy (non-hydrogen) atoms. The van der Waals surface area contributed by atoms with Gasteiger partial charge in [0.25, 0.3) is 0 Å². The average molecular weight is 397 g/mol. The molecule has 4 rings (SSSR count). The number of hydrogen-bond donors (Lipinski definition) is 1. The van der Waals surface area contributed by atoms with Gasteiger partial charge in [-0.1, -0.05) is 6.07 Å². The molecule has 1 unspecified atom stereocenters. The predicted molar refractivity (Wildman–Crippen MR) is 90.4 cm³/mol. The van der Waals surface area contributed by atoms with E-state index < -0.39 is 23.4 Å². The maximum absolute atomic E-state index is 14.1. The first-order chi connectivity index (χ1) is 13.3. The van der Waals surface area contributed by atoms with E-state index in [-0.39, 0.29) is 18.2 Å². The molecule has 2 aromatic heterocycles. The Balaban J connectivity index is 1.56. The molecule has 5 nitrogen and oxygen atoms in total. The van der Waals surface area contributed by atoms with Gasteiger partial charge in [-0.25, -0.2) is 8.78 Å². The average Bonchev–Trinajstić information content (AvgIpc) is 3.04. The highest BCUT2D eigenvalue weighted by Crippen LogP contribution is 2.32. The standard InChI is InChI=1S/C18H16F5N5/c19-11-3-4-12(14(20)8-11)15-9-27(7-5-24-15)10-16-25-26-17-13(18(21,22)23)2-1-6-28(16)17/h1-4,6,8,15,24H,5,7,9-10H2. The highest BCUT2D eigenvalue weighted by Gasteiger charge is 2.34. The van der Waals surface area contributed by atoms with Gasteiger partial charge in [0.2, 0.25) is 0 Å². The number of aromatic nitrogens is 3. The first-order valence-electron chi connectivity index (χ1n) is 8.63. The Kier molecular flexibility index (Phi) is 4.76. The highest BCUT2D eigenvalue weighted by molar-refractivity contribution is 5.49. The minimum absolute atomic E-state index is 0.249. The zero-order chi connectivity index (χ0) is 19.9. The molecule has 1 aliphatic rings. The maximum atomic E-state index is 14.1. The molecule has 148 valence electrons. The molecule has 3 heterocycles. The van der Waals surface area contributed by atoms with Crippen molar-refractivity contribution in [2.75, 3.05) is 19.6 Å². The molecule has 1 fully saturated rings. The van der Waals surface area contributed by atoms with E-state index in [1.165, 1.54) is 28.8 Å². The second-order valence-electron chi connectivity index (χ2n) is 6.64. The van der Waals surface area contributed by atoms with Crippen LogP contribution in [-0.4, -0.2) is 39.1 Å². The molecular formula is C18H16F5N5. The minimum Gasteiger partial charge on any atom is -0.307 e. The summed E-state index contributed by atoms with van der Waals surface area (Å²) in [6.45, 7) is 1.80. The van der Waals surface area contributed by atoms with Crippen LogP contribution in [0.5, 0.6) is 0 Å². The molecule has 0 aliphatic carbocycles. The van der Waals surface area contributed by atoms with E-state index in [2.05, 4.69) is 15.5 Å². The molecule has 0 radical (unpaired) electrons. The highest BCUT2D eigenvalue weighted by atomic mass is 19.4. The van der Waals surface area contributed by atoms with Gasteiger partial charge in [0, 0.05) is 43.5 Å². The van der Waals surface area contributed by atoms with Crippen LogP contribution in [0.4, 0.5) is 22.0 Å². The summed E-state index contributed by atoms with van der Waals surface area (Å²) in [4.78, 5) is 1.95. The molecule has 0 saturated carbocycles. The molecule has 1 aliphatic heterocycles. The summed E-state index contributed by atoms with van der Waals surface area (Å²) < 4.78 is 67.9. The number of rotatable bonds is 3. The van der Waals surface area contributed by atoms with E-state index in [1.54, 1.807) is 0 Å². The van der Waals surface area contributed by atoms with E-state index >= 15 is 0 Å². The SMILES string of the molecule is Fc1ccc(C2CN(Cc3nnc4c(C(F)(F)F)cccn34)CCN2)c(F)c1. The van der Waals surface area contributed by atoms with E-state index in [4.69, 9.17) is 0 Å². The number of alkyl halides is 3. The first kappa shape index (κ1) is 18.8. The normalized spacial score (nSPS) is 18.7. The number of fused-ring (bicyclic) bond motifs is 1. The van der Waals surface area contributed by atoms with Crippen LogP contribution < -0.4 is 5.32 Å². The predicted octanol–water partition coefficient (Wildman–Crippen LogP) is 3.17. The third kappa shape index (κ3) is 3.57. The number of nitrogens with zero attached hydrogens (tertiary/aromatic N) is 4. The van der Waals surface area contributed by atoms with E-state index in [0.717, 1.165) is 12.1 Å². The van der Waals surface area contributed by atoms with Gasteiger partial charge in [-0.05, 0) is 18.2 Å². The Morgan fingerprint density at radius 2 is 1.96 bits per heavy atom. The lowest BCUT2D eigenvalue weighted by atomic mass is 10.0. The smallest absolute Gasteiger partial charge is 0.307 e. The van der Waals surface area contributed by atoms with E-state index in [0.29, 0.717) is 31.0 Å². The number of piperazine rings is 1. The summed E-state index contributed by atoms with van der Waals surface area (Å²) in [6.07, 6.45) is -3.04. The van der Waals surface area contributed by atoms with Gasteiger partial charge in [0.05, 0.1) is 6.54 Å². The topological polar surface area (TPSA) is 45.5 Å². The molecule has 1 aromatic carbocycles. The fourth-order valence-corrected chi connectivity index (χ4v) is 3.44. The fraction of sp³-hybridized carbons (Fsp3) is 0.333. The Hall–Kier alpha value is -2.59. The van der Waals surface area contributed by atoms with Gasteiger partial charge in [-0.3, -0.25) is 9.30 Å². The number of hydrogen-bond acceptors (Lipinski definition) is 4. The lowest BCUT2D eigenvalue weighted by Crippen LogP contribution is -2.45. The molecule has 10 heteroatoms. The maximum Gasteiger partial charge on any atom is 0.420 e. The van der Waals surface area contributed by atoms with Crippen molar-refractivity contribution in [1.82, 2.24) is 24.8 Å². The van der Waals surface area contributed by atoms with Crippen molar-refractivity contribution in [3.05, 3.63) is 65.1 Å². The summed E-state index contributed by atoms with van der Waals surface area (Å²) in [5.41, 5.74) is -0.752. The van der Waals surface area contributed by atoms with Gasteiger partial charge >= 0.3 is 6.18 Å². The van der Waals surface area contributed by atoms with Crippen LogP contribution in [0.3, 0.4) is 0 Å². The van der Waals surface area contributed by atoms with Crippen LogP contribution in [0, 0.1) is 11.6 Å². The molecule has 0 bridgehead atoms. The van der Waals surface area contributed by atoms with Crippen LogP contribution in [0.2, 0.25) is 0 Å². The van der Waals surface area contributed by atoms with E-state index in [1.807, 2.05) is 4.90 Å². The number of halogens is 5. The van der Waals surface area contributed by atoms with Crippen LogP contribution >= 0.6 is 0 Å². The Labute approximate surface area is 156 Å². The Morgan fingerprint density at radius 1 is 1.14 bits per heavy atom. The van der Waals surface area contributed by atoms with Crippen molar-refractivity contribution < 1.29 is 22.0 Å². The van der Waals surface area contributed by atoms with Crippen molar-refractivity contribution in [1.29, 1.82) is 0 Å². The second kappa shape index (κ2) is 7.10. The number of pyridine rings is 1. The number of benzene rings is 1. The zero-order valence-corrected chi connectivity index (χ0v) is 14.5. The van der Waals surface area contributed by atoms with Crippen molar-refractivity contribution in [2.24, 2.45) is 0 Å². The lowest BCUT2D eigenvalue weighted by Gasteiger charge is -2.33. The quantitative estimate of drug-likeness (QED) is 0.690. The van der Waals surface area contributed by atoms with Crippen LogP contribution in [0.1, 0.15) is 23.0 Å². The first-order valence-corrected chi connectivity index (χ1v) is 8.63. The van der Waals surface area contributed by atoms with Crippen molar-refractivity contribution in [2.45, 2.75) is 18.8 Å². The monoisotopic (exact) mass is 397 g/mol. The molecule has 1 saturated heterocycles. The zero-order valence-electron chi connectivity index (χ0n) is 14.5. The number of nitrogens with one attached hydrogen (secondary N) is 1. The Bertz CT molecular complexity index is 1000. The molecule has 0 amide bonds. The Morgan fingerprint density at radius 3 is 2.71 bits per heavy atom. The van der Waals surface area contributed by atoms with Crippen LogP contribution in [-0.2, 0) is 12.7 Å².